The molecular formula is C22H23FN4O3S. The molecule has 0 radical (unpaired) electrons. The summed E-state index contributed by atoms with van der Waals surface area (Å²) in [5, 5.41) is 4.44. The number of thiocarbonyl (C=S) groups is 1. The van der Waals surface area contributed by atoms with Gasteiger partial charge in [-0.15, -0.1) is 0 Å². The number of likely N-dealkylation sites (N-methyl/N-ethyl adjacent to an activating group) is 1. The summed E-state index contributed by atoms with van der Waals surface area (Å²) < 4.78 is 24.0. The van der Waals surface area contributed by atoms with E-state index in [2.05, 4.69) is 10.3 Å². The van der Waals surface area contributed by atoms with E-state index >= 15 is 0 Å². The SMILES string of the molecule is CN(C)CCN(Cc1cc2cc3c(cc2[nH]c1=O)OCO3)C(=S)Nc1ccc(F)cc1. The maximum absolute atomic E-state index is 13.2. The molecule has 4 rings (SSSR count). The van der Waals surface area contributed by atoms with Gasteiger partial charge in [-0.3, -0.25) is 4.79 Å². The van der Waals surface area contributed by atoms with Crippen LogP contribution in [0.25, 0.3) is 10.9 Å². The van der Waals surface area contributed by atoms with E-state index in [1.165, 1.54) is 12.1 Å². The summed E-state index contributed by atoms with van der Waals surface area (Å²) in [6.45, 7) is 1.85. The first kappa shape index (κ1) is 21.1. The predicted molar refractivity (Wildman–Crippen MR) is 122 cm³/mol. The second-order valence-corrected chi connectivity index (χ2v) is 7.96. The van der Waals surface area contributed by atoms with Gasteiger partial charge in [0.2, 0.25) is 6.79 Å². The summed E-state index contributed by atoms with van der Waals surface area (Å²) in [7, 11) is 3.94. The first-order chi connectivity index (χ1) is 14.9. The molecule has 0 saturated carbocycles. The van der Waals surface area contributed by atoms with Gasteiger partial charge in [-0.2, -0.15) is 0 Å². The number of pyridine rings is 1. The number of hydrogen-bond acceptors (Lipinski definition) is 5. The zero-order valence-corrected chi connectivity index (χ0v) is 18.1. The molecule has 3 aromatic rings. The second-order valence-electron chi connectivity index (χ2n) is 7.58. The molecule has 0 bridgehead atoms. The van der Waals surface area contributed by atoms with E-state index in [0.29, 0.717) is 46.5 Å². The molecule has 2 N–H and O–H groups in total. The average Bonchev–Trinajstić information content (AvgIpc) is 3.18. The van der Waals surface area contributed by atoms with Crippen molar-refractivity contribution in [2.45, 2.75) is 6.54 Å². The van der Waals surface area contributed by atoms with E-state index in [9.17, 15) is 9.18 Å². The molecule has 2 aromatic carbocycles. The van der Waals surface area contributed by atoms with Crippen molar-refractivity contribution in [1.82, 2.24) is 14.8 Å². The highest BCUT2D eigenvalue weighted by Crippen LogP contribution is 2.35. The smallest absolute Gasteiger partial charge is 0.253 e. The van der Waals surface area contributed by atoms with Crippen LogP contribution >= 0.6 is 12.2 Å². The van der Waals surface area contributed by atoms with Crippen LogP contribution in [0, 0.1) is 5.82 Å². The van der Waals surface area contributed by atoms with Crippen molar-refractivity contribution in [2.75, 3.05) is 39.3 Å². The minimum atomic E-state index is -0.315. The standard InChI is InChI=1S/C22H23FN4O3S/c1-26(2)7-8-27(22(31)24-17-5-3-16(23)4-6-17)12-15-9-14-10-19-20(30-13-29-19)11-18(14)25-21(15)28/h3-6,9-11H,7-8,12-13H2,1-2H3,(H,24,31)(H,25,28). The van der Waals surface area contributed by atoms with E-state index in [-0.39, 0.29) is 18.2 Å². The second kappa shape index (κ2) is 8.91. The molecule has 0 unspecified atom stereocenters. The number of aromatic nitrogens is 1. The lowest BCUT2D eigenvalue weighted by molar-refractivity contribution is 0.174. The van der Waals surface area contributed by atoms with E-state index in [4.69, 9.17) is 21.7 Å². The van der Waals surface area contributed by atoms with Gasteiger partial charge < -0.3 is 29.6 Å². The van der Waals surface area contributed by atoms with Crippen molar-refractivity contribution < 1.29 is 13.9 Å². The molecule has 0 fully saturated rings. The van der Waals surface area contributed by atoms with Crippen LogP contribution in [0.5, 0.6) is 11.5 Å². The lowest BCUT2D eigenvalue weighted by Gasteiger charge is -2.27. The van der Waals surface area contributed by atoms with Crippen molar-refractivity contribution in [3.05, 3.63) is 64.2 Å². The lowest BCUT2D eigenvalue weighted by Crippen LogP contribution is -2.40. The van der Waals surface area contributed by atoms with E-state index in [0.717, 1.165) is 11.9 Å². The van der Waals surface area contributed by atoms with Crippen LogP contribution in [0.1, 0.15) is 5.56 Å². The highest BCUT2D eigenvalue weighted by molar-refractivity contribution is 7.80. The number of H-pyrrole nitrogens is 1. The van der Waals surface area contributed by atoms with Crippen LogP contribution in [-0.4, -0.2) is 53.9 Å². The number of ether oxygens (including phenoxy) is 2. The van der Waals surface area contributed by atoms with Gasteiger partial charge in [0.15, 0.2) is 16.6 Å². The van der Waals surface area contributed by atoms with Gasteiger partial charge in [0, 0.05) is 35.8 Å². The van der Waals surface area contributed by atoms with Crippen molar-refractivity contribution >= 4 is 33.9 Å². The van der Waals surface area contributed by atoms with Gasteiger partial charge in [-0.1, -0.05) is 0 Å². The number of nitrogens with zero attached hydrogens (tertiary/aromatic N) is 2. The molecule has 0 amide bonds. The van der Waals surface area contributed by atoms with Crippen LogP contribution in [0.3, 0.4) is 0 Å². The zero-order chi connectivity index (χ0) is 22.0. The van der Waals surface area contributed by atoms with Crippen molar-refractivity contribution in [2.24, 2.45) is 0 Å². The Kier molecular flexibility index (Phi) is 6.06. The largest absolute Gasteiger partial charge is 0.454 e. The van der Waals surface area contributed by atoms with Gasteiger partial charge in [0.1, 0.15) is 5.82 Å². The number of anilines is 1. The van der Waals surface area contributed by atoms with Gasteiger partial charge in [-0.05, 0) is 62.7 Å². The first-order valence-corrected chi connectivity index (χ1v) is 10.2. The summed E-state index contributed by atoms with van der Waals surface area (Å²) in [6, 6.07) is 11.5. The Hall–Kier alpha value is -3.17. The first-order valence-electron chi connectivity index (χ1n) is 9.81. The molecule has 31 heavy (non-hydrogen) atoms. The average molecular weight is 443 g/mol. The molecule has 1 aliphatic heterocycles. The maximum atomic E-state index is 13.2. The molecule has 0 aliphatic carbocycles. The van der Waals surface area contributed by atoms with Crippen molar-refractivity contribution in [3.8, 4) is 11.5 Å². The number of halogens is 1. The molecule has 0 atom stereocenters. The Morgan fingerprint density at radius 2 is 1.84 bits per heavy atom. The third-order valence-corrected chi connectivity index (χ3v) is 5.34. The Bertz CT molecular complexity index is 1160. The summed E-state index contributed by atoms with van der Waals surface area (Å²) in [5.41, 5.74) is 1.76. The Morgan fingerprint density at radius 1 is 1.13 bits per heavy atom. The fourth-order valence-corrected chi connectivity index (χ4v) is 3.55. The van der Waals surface area contributed by atoms with Crippen LogP contribution in [0.4, 0.5) is 10.1 Å². The molecule has 1 aliphatic rings. The monoisotopic (exact) mass is 442 g/mol. The van der Waals surface area contributed by atoms with Crippen molar-refractivity contribution in [1.29, 1.82) is 0 Å². The minimum absolute atomic E-state index is 0.171. The van der Waals surface area contributed by atoms with E-state index < -0.39 is 0 Å². The van der Waals surface area contributed by atoms with Crippen LogP contribution in [-0.2, 0) is 6.54 Å². The molecule has 7 nitrogen and oxygen atoms in total. The fourth-order valence-electron chi connectivity index (χ4n) is 3.27. The van der Waals surface area contributed by atoms with E-state index in [1.54, 1.807) is 18.2 Å². The summed E-state index contributed by atoms with van der Waals surface area (Å²) in [6.07, 6.45) is 0. The zero-order valence-electron chi connectivity index (χ0n) is 17.3. The summed E-state index contributed by atoms with van der Waals surface area (Å²) in [4.78, 5) is 19.6. The van der Waals surface area contributed by atoms with Crippen molar-refractivity contribution in [3.63, 3.8) is 0 Å². The number of aromatic amines is 1. The Morgan fingerprint density at radius 3 is 2.55 bits per heavy atom. The Labute approximate surface area is 184 Å². The molecule has 0 spiro atoms. The van der Waals surface area contributed by atoms with E-state index in [1.807, 2.05) is 36.0 Å². The molecule has 9 heteroatoms. The fraction of sp³-hybridized carbons (Fsp3) is 0.273. The number of rotatable bonds is 6. The van der Waals surface area contributed by atoms with Crippen LogP contribution in [0.15, 0.2) is 47.3 Å². The van der Waals surface area contributed by atoms with Gasteiger partial charge in [-0.25, -0.2) is 4.39 Å². The quantitative estimate of drug-likeness (QED) is 0.569. The van der Waals surface area contributed by atoms with Gasteiger partial charge >= 0.3 is 0 Å². The Balaban J connectivity index is 1.59. The van der Waals surface area contributed by atoms with Crippen LogP contribution in [0.2, 0.25) is 0 Å². The molecule has 0 saturated heterocycles. The molecule has 2 heterocycles. The lowest BCUT2D eigenvalue weighted by atomic mass is 10.1. The molecule has 162 valence electrons. The third kappa shape index (κ3) is 4.95. The number of fused-ring (bicyclic) bond motifs is 2. The van der Waals surface area contributed by atoms with Gasteiger partial charge in [0.05, 0.1) is 12.1 Å². The topological polar surface area (TPSA) is 69.8 Å². The number of nitrogens with one attached hydrogen (secondary N) is 2. The highest BCUT2D eigenvalue weighted by Gasteiger charge is 2.17. The number of benzene rings is 2. The predicted octanol–water partition coefficient (Wildman–Crippen LogP) is 3.16. The molecule has 1 aromatic heterocycles. The van der Waals surface area contributed by atoms with Gasteiger partial charge in [0.25, 0.3) is 5.56 Å². The highest BCUT2D eigenvalue weighted by atomic mass is 32.1. The minimum Gasteiger partial charge on any atom is -0.454 e. The molecular weight excluding hydrogens is 419 g/mol. The third-order valence-electron chi connectivity index (χ3n) is 4.98. The number of hydrogen-bond donors (Lipinski definition) is 2. The maximum Gasteiger partial charge on any atom is 0.253 e. The van der Waals surface area contributed by atoms with Crippen LogP contribution < -0.4 is 20.3 Å². The normalized spacial score (nSPS) is 12.4. The summed E-state index contributed by atoms with van der Waals surface area (Å²) >= 11 is 5.60. The summed E-state index contributed by atoms with van der Waals surface area (Å²) in [5.74, 6) is 0.959.